The molecule has 0 aromatic carbocycles. The van der Waals surface area contributed by atoms with Gasteiger partial charge in [-0.05, 0) is 32.1 Å². The summed E-state index contributed by atoms with van der Waals surface area (Å²) < 4.78 is 5.33. The van der Waals surface area contributed by atoms with Gasteiger partial charge in [0.2, 0.25) is 5.91 Å². The number of carboxylic acids is 1. The molecular weight excluding hydrogens is 296 g/mol. The van der Waals surface area contributed by atoms with E-state index in [1.165, 1.54) is 0 Å². The summed E-state index contributed by atoms with van der Waals surface area (Å²) in [4.78, 5) is 25.5. The summed E-state index contributed by atoms with van der Waals surface area (Å²) >= 11 is 0. The molecule has 0 bridgehead atoms. The molecule has 1 aromatic heterocycles. The van der Waals surface area contributed by atoms with Gasteiger partial charge in [-0.2, -0.15) is 0 Å². The van der Waals surface area contributed by atoms with Gasteiger partial charge in [0, 0.05) is 31.0 Å². The molecule has 1 N–H and O–H groups in total. The van der Waals surface area contributed by atoms with Gasteiger partial charge in [-0.25, -0.2) is 0 Å². The highest BCUT2D eigenvalue weighted by Gasteiger charge is 2.28. The highest BCUT2D eigenvalue weighted by molar-refractivity contribution is 5.79. The number of carboxylic acid groups (broad SMARTS) is 1. The highest BCUT2D eigenvalue weighted by atomic mass is 16.5. The van der Waals surface area contributed by atoms with E-state index in [0.29, 0.717) is 12.8 Å². The molecule has 0 aliphatic carbocycles. The topological polar surface area (TPSA) is 83.6 Å². The lowest BCUT2D eigenvalue weighted by atomic mass is 9.96. The van der Waals surface area contributed by atoms with Crippen LogP contribution in [0.1, 0.15) is 63.0 Å². The van der Waals surface area contributed by atoms with E-state index in [-0.39, 0.29) is 18.4 Å². The van der Waals surface area contributed by atoms with E-state index in [4.69, 9.17) is 9.63 Å². The summed E-state index contributed by atoms with van der Waals surface area (Å²) in [6.07, 6.45) is 5.35. The van der Waals surface area contributed by atoms with E-state index >= 15 is 0 Å². The zero-order valence-electron chi connectivity index (χ0n) is 14.0. The number of hydrogen-bond donors (Lipinski definition) is 1. The highest BCUT2D eigenvalue weighted by Crippen LogP contribution is 2.24. The zero-order chi connectivity index (χ0) is 16.8. The molecule has 1 aromatic rings. The second kappa shape index (κ2) is 8.13. The van der Waals surface area contributed by atoms with Crippen molar-refractivity contribution < 1.29 is 19.2 Å². The molecule has 1 aliphatic rings. The average Bonchev–Trinajstić information content (AvgIpc) is 2.94. The quantitative estimate of drug-likeness (QED) is 0.834. The van der Waals surface area contributed by atoms with Gasteiger partial charge >= 0.3 is 5.97 Å². The Kier molecular flexibility index (Phi) is 6.19. The maximum Gasteiger partial charge on any atom is 0.303 e. The summed E-state index contributed by atoms with van der Waals surface area (Å²) in [6, 6.07) is 0.0439. The second-order valence-electron chi connectivity index (χ2n) is 6.08. The minimum absolute atomic E-state index is 0.0439. The van der Waals surface area contributed by atoms with Crippen molar-refractivity contribution in [3.63, 3.8) is 0 Å². The lowest BCUT2D eigenvalue weighted by Gasteiger charge is -2.35. The Bertz CT molecular complexity index is 531. The fourth-order valence-corrected chi connectivity index (χ4v) is 3.31. The van der Waals surface area contributed by atoms with Crippen LogP contribution in [0.2, 0.25) is 0 Å². The Morgan fingerprint density at radius 1 is 1.30 bits per heavy atom. The number of aryl methyl sites for hydroxylation is 2. The largest absolute Gasteiger partial charge is 0.481 e. The molecule has 0 radical (unpaired) electrons. The SMILES string of the molecule is CCc1noc(CC)c1CC(=O)N1CCCCC1CCC(=O)O. The minimum atomic E-state index is -0.802. The Labute approximate surface area is 136 Å². The number of hydrogen-bond acceptors (Lipinski definition) is 4. The van der Waals surface area contributed by atoms with Gasteiger partial charge in [0.15, 0.2) is 0 Å². The lowest BCUT2D eigenvalue weighted by Crippen LogP contribution is -2.44. The number of carbonyl (C=O) groups excluding carboxylic acids is 1. The molecule has 23 heavy (non-hydrogen) atoms. The normalized spacial score (nSPS) is 18.2. The van der Waals surface area contributed by atoms with Crippen molar-refractivity contribution >= 4 is 11.9 Å². The lowest BCUT2D eigenvalue weighted by molar-refractivity contribution is -0.139. The first-order chi connectivity index (χ1) is 11.1. The maximum absolute atomic E-state index is 12.8. The molecule has 0 spiro atoms. The zero-order valence-corrected chi connectivity index (χ0v) is 14.0. The van der Waals surface area contributed by atoms with Crippen molar-refractivity contribution in [1.82, 2.24) is 10.1 Å². The molecule has 128 valence electrons. The molecule has 1 fully saturated rings. The average molecular weight is 322 g/mol. The number of amides is 1. The van der Waals surface area contributed by atoms with E-state index < -0.39 is 5.97 Å². The number of nitrogens with zero attached hydrogens (tertiary/aromatic N) is 2. The standard InChI is InChI=1S/C17H26N2O4/c1-3-14-13(15(4-2)23-18-14)11-16(20)19-10-6-5-7-12(19)8-9-17(21)22/h12H,3-11H2,1-2H3,(H,21,22). The van der Waals surface area contributed by atoms with Gasteiger partial charge < -0.3 is 14.5 Å². The van der Waals surface area contributed by atoms with E-state index in [0.717, 1.165) is 55.7 Å². The molecule has 6 nitrogen and oxygen atoms in total. The number of likely N-dealkylation sites (tertiary alicyclic amines) is 1. The molecule has 0 saturated carbocycles. The second-order valence-corrected chi connectivity index (χ2v) is 6.08. The van der Waals surface area contributed by atoms with Gasteiger partial charge in [0.1, 0.15) is 5.76 Å². The van der Waals surface area contributed by atoms with Gasteiger partial charge in [0.05, 0.1) is 12.1 Å². The van der Waals surface area contributed by atoms with E-state index in [1.807, 2.05) is 18.7 Å². The van der Waals surface area contributed by atoms with Crippen LogP contribution >= 0.6 is 0 Å². The Morgan fingerprint density at radius 3 is 2.74 bits per heavy atom. The van der Waals surface area contributed by atoms with Gasteiger partial charge in [-0.15, -0.1) is 0 Å². The Balaban J connectivity index is 2.08. The van der Waals surface area contributed by atoms with Crippen molar-refractivity contribution in [2.45, 2.75) is 71.3 Å². The van der Waals surface area contributed by atoms with Gasteiger partial charge in [-0.3, -0.25) is 9.59 Å². The summed E-state index contributed by atoms with van der Waals surface area (Å²) in [7, 11) is 0. The minimum Gasteiger partial charge on any atom is -0.481 e. The molecule has 1 aliphatic heterocycles. The number of aliphatic carboxylic acids is 1. The monoisotopic (exact) mass is 322 g/mol. The van der Waals surface area contributed by atoms with Crippen LogP contribution in [-0.2, 0) is 28.9 Å². The molecular formula is C17H26N2O4. The third-order valence-corrected chi connectivity index (χ3v) is 4.57. The van der Waals surface area contributed by atoms with Crippen LogP contribution in [0.5, 0.6) is 0 Å². The van der Waals surface area contributed by atoms with Crippen LogP contribution in [-0.4, -0.2) is 39.6 Å². The van der Waals surface area contributed by atoms with E-state index in [1.54, 1.807) is 0 Å². The summed E-state index contributed by atoms with van der Waals surface area (Å²) in [6.45, 7) is 4.71. The van der Waals surface area contributed by atoms with E-state index in [9.17, 15) is 9.59 Å². The number of carbonyl (C=O) groups is 2. The predicted molar refractivity (Wildman–Crippen MR) is 85.2 cm³/mol. The molecule has 2 heterocycles. The Hall–Kier alpha value is -1.85. The predicted octanol–water partition coefficient (Wildman–Crippen LogP) is 2.59. The fourth-order valence-electron chi connectivity index (χ4n) is 3.31. The number of rotatable bonds is 7. The molecule has 2 rings (SSSR count). The van der Waals surface area contributed by atoms with Crippen molar-refractivity contribution in [3.8, 4) is 0 Å². The van der Waals surface area contributed by atoms with Crippen LogP contribution in [0.15, 0.2) is 4.52 Å². The third kappa shape index (κ3) is 4.33. The van der Waals surface area contributed by atoms with Crippen molar-refractivity contribution in [1.29, 1.82) is 0 Å². The summed E-state index contributed by atoms with van der Waals surface area (Å²) in [5.41, 5.74) is 1.77. The van der Waals surface area contributed by atoms with Gasteiger partial charge in [0.25, 0.3) is 0 Å². The third-order valence-electron chi connectivity index (χ3n) is 4.57. The van der Waals surface area contributed by atoms with Crippen molar-refractivity contribution in [3.05, 3.63) is 17.0 Å². The van der Waals surface area contributed by atoms with Crippen LogP contribution < -0.4 is 0 Å². The first-order valence-electron chi connectivity index (χ1n) is 8.54. The fraction of sp³-hybridized carbons (Fsp3) is 0.706. The smallest absolute Gasteiger partial charge is 0.303 e. The Morgan fingerprint density at radius 2 is 2.09 bits per heavy atom. The van der Waals surface area contributed by atoms with Crippen molar-refractivity contribution in [2.75, 3.05) is 6.54 Å². The first kappa shape index (κ1) is 17.5. The first-order valence-corrected chi connectivity index (χ1v) is 8.54. The molecule has 1 amide bonds. The maximum atomic E-state index is 12.8. The summed E-state index contributed by atoms with van der Waals surface area (Å²) in [5, 5.41) is 12.9. The number of piperidine rings is 1. The van der Waals surface area contributed by atoms with Crippen LogP contribution in [0.4, 0.5) is 0 Å². The van der Waals surface area contributed by atoms with Gasteiger partial charge in [-0.1, -0.05) is 19.0 Å². The number of aromatic nitrogens is 1. The molecule has 1 saturated heterocycles. The van der Waals surface area contributed by atoms with Crippen LogP contribution in [0.3, 0.4) is 0 Å². The molecule has 1 atom stereocenters. The van der Waals surface area contributed by atoms with Crippen LogP contribution in [0.25, 0.3) is 0 Å². The molecule has 6 heteroatoms. The van der Waals surface area contributed by atoms with E-state index in [2.05, 4.69) is 5.16 Å². The summed E-state index contributed by atoms with van der Waals surface area (Å²) in [5.74, 6) is 0.0468. The van der Waals surface area contributed by atoms with Crippen LogP contribution in [0, 0.1) is 0 Å². The molecule has 1 unspecified atom stereocenters. The van der Waals surface area contributed by atoms with Crippen molar-refractivity contribution in [2.24, 2.45) is 0 Å².